The van der Waals surface area contributed by atoms with Crippen molar-refractivity contribution in [2.75, 3.05) is 7.11 Å². The second-order valence-corrected chi connectivity index (χ2v) is 4.62. The van der Waals surface area contributed by atoms with Crippen LogP contribution in [-0.2, 0) is 22.4 Å². The van der Waals surface area contributed by atoms with Crippen LogP contribution in [0, 0.1) is 0 Å². The normalized spacial score (nSPS) is 16.4. The molecule has 1 heterocycles. The lowest BCUT2D eigenvalue weighted by atomic mass is 10.2. The molecule has 4 heteroatoms. The number of rotatable bonds is 2. The average molecular weight is 211 g/mol. The standard InChI is InChI=1S/C10H13NO2S/c1-13-10(12)9(11)8-5-6-3-2-4-7(6)14-8/h5,9H,2-4,11H2,1H3. The number of hydrogen-bond donors (Lipinski definition) is 1. The van der Waals surface area contributed by atoms with Crippen molar-refractivity contribution in [1.82, 2.24) is 0 Å². The van der Waals surface area contributed by atoms with Crippen LogP contribution in [0.25, 0.3) is 0 Å². The third-order valence-corrected chi connectivity index (χ3v) is 3.85. The average Bonchev–Trinajstić information content (AvgIpc) is 2.74. The molecule has 0 radical (unpaired) electrons. The van der Waals surface area contributed by atoms with E-state index in [1.54, 1.807) is 11.3 Å². The predicted octanol–water partition coefficient (Wildman–Crippen LogP) is 1.41. The SMILES string of the molecule is COC(=O)C(N)c1cc2c(s1)CCC2. The summed E-state index contributed by atoms with van der Waals surface area (Å²) in [7, 11) is 1.36. The molecular formula is C10H13NO2S. The lowest BCUT2D eigenvalue weighted by Gasteiger charge is -2.05. The summed E-state index contributed by atoms with van der Waals surface area (Å²) >= 11 is 1.65. The first-order chi connectivity index (χ1) is 6.72. The summed E-state index contributed by atoms with van der Waals surface area (Å²) in [5.41, 5.74) is 7.11. The van der Waals surface area contributed by atoms with Gasteiger partial charge in [0.1, 0.15) is 6.04 Å². The third kappa shape index (κ3) is 1.55. The van der Waals surface area contributed by atoms with Crippen LogP contribution in [0.1, 0.15) is 27.8 Å². The highest BCUT2D eigenvalue weighted by molar-refractivity contribution is 7.12. The number of ether oxygens (including phenoxy) is 1. The minimum absolute atomic E-state index is 0.357. The van der Waals surface area contributed by atoms with Gasteiger partial charge in [-0.1, -0.05) is 0 Å². The van der Waals surface area contributed by atoms with Crippen molar-refractivity contribution in [1.29, 1.82) is 0 Å². The second kappa shape index (κ2) is 3.71. The molecule has 0 spiro atoms. The molecule has 0 fully saturated rings. The summed E-state index contributed by atoms with van der Waals surface area (Å²) in [5.74, 6) is -0.357. The van der Waals surface area contributed by atoms with Gasteiger partial charge >= 0.3 is 5.97 Å². The maximum Gasteiger partial charge on any atom is 0.328 e. The van der Waals surface area contributed by atoms with E-state index in [1.165, 1.54) is 24.0 Å². The van der Waals surface area contributed by atoms with Gasteiger partial charge in [0.15, 0.2) is 0 Å². The molecule has 2 N–H and O–H groups in total. The van der Waals surface area contributed by atoms with Gasteiger partial charge in [0.2, 0.25) is 0 Å². The highest BCUT2D eigenvalue weighted by Crippen LogP contribution is 2.33. The van der Waals surface area contributed by atoms with Crippen LogP contribution in [0.2, 0.25) is 0 Å². The molecule has 1 atom stereocenters. The fourth-order valence-corrected chi connectivity index (χ4v) is 3.00. The summed E-state index contributed by atoms with van der Waals surface area (Å²) in [6.45, 7) is 0. The molecule has 0 aliphatic heterocycles. The molecule has 0 bridgehead atoms. The Morgan fingerprint density at radius 2 is 2.43 bits per heavy atom. The highest BCUT2D eigenvalue weighted by atomic mass is 32.1. The number of nitrogens with two attached hydrogens (primary N) is 1. The zero-order chi connectivity index (χ0) is 10.1. The van der Waals surface area contributed by atoms with E-state index in [-0.39, 0.29) is 5.97 Å². The van der Waals surface area contributed by atoms with Crippen molar-refractivity contribution in [2.24, 2.45) is 5.73 Å². The molecule has 0 saturated carbocycles. The van der Waals surface area contributed by atoms with Gasteiger partial charge in [-0.25, -0.2) is 4.79 Å². The molecule has 0 amide bonds. The molecule has 1 aliphatic carbocycles. The predicted molar refractivity (Wildman–Crippen MR) is 55.3 cm³/mol. The van der Waals surface area contributed by atoms with E-state index in [9.17, 15) is 4.79 Å². The Morgan fingerprint density at radius 1 is 1.64 bits per heavy atom. The molecule has 14 heavy (non-hydrogen) atoms. The van der Waals surface area contributed by atoms with Crippen LogP contribution >= 0.6 is 11.3 Å². The van der Waals surface area contributed by atoms with Gasteiger partial charge in [-0.05, 0) is 30.9 Å². The van der Waals surface area contributed by atoms with Crippen LogP contribution < -0.4 is 5.73 Å². The Bertz CT molecular complexity index is 338. The van der Waals surface area contributed by atoms with Gasteiger partial charge in [-0.2, -0.15) is 0 Å². The Hall–Kier alpha value is -0.870. The van der Waals surface area contributed by atoms with Crippen LogP contribution in [0.5, 0.6) is 0 Å². The summed E-state index contributed by atoms with van der Waals surface area (Å²) < 4.78 is 4.61. The van der Waals surface area contributed by atoms with Crippen molar-refractivity contribution in [3.8, 4) is 0 Å². The van der Waals surface area contributed by atoms with E-state index in [0.717, 1.165) is 17.7 Å². The highest BCUT2D eigenvalue weighted by Gasteiger charge is 2.22. The van der Waals surface area contributed by atoms with Crippen LogP contribution in [0.3, 0.4) is 0 Å². The van der Waals surface area contributed by atoms with Gasteiger partial charge in [0.05, 0.1) is 7.11 Å². The van der Waals surface area contributed by atoms with Gasteiger partial charge in [-0.15, -0.1) is 11.3 Å². The number of hydrogen-bond acceptors (Lipinski definition) is 4. The van der Waals surface area contributed by atoms with Crippen molar-refractivity contribution < 1.29 is 9.53 Å². The van der Waals surface area contributed by atoms with Crippen LogP contribution in [0.4, 0.5) is 0 Å². The minimum atomic E-state index is -0.601. The Kier molecular flexibility index (Phi) is 2.56. The number of fused-ring (bicyclic) bond motifs is 1. The van der Waals surface area contributed by atoms with Gasteiger partial charge in [0.25, 0.3) is 0 Å². The zero-order valence-corrected chi connectivity index (χ0v) is 8.89. The Balaban J connectivity index is 2.21. The number of carbonyl (C=O) groups excluding carboxylic acids is 1. The molecule has 1 unspecified atom stereocenters. The smallest absolute Gasteiger partial charge is 0.328 e. The lowest BCUT2D eigenvalue weighted by molar-refractivity contribution is -0.142. The van der Waals surface area contributed by atoms with Crippen LogP contribution in [0.15, 0.2) is 6.07 Å². The fourth-order valence-electron chi connectivity index (χ4n) is 1.75. The summed E-state index contributed by atoms with van der Waals surface area (Å²) in [6.07, 6.45) is 3.49. The number of methoxy groups -OCH3 is 1. The van der Waals surface area contributed by atoms with Crippen molar-refractivity contribution in [3.63, 3.8) is 0 Å². The Labute approximate surface area is 86.9 Å². The number of thiophene rings is 1. The summed E-state index contributed by atoms with van der Waals surface area (Å²) in [4.78, 5) is 13.5. The first kappa shape index (κ1) is 9.68. The van der Waals surface area contributed by atoms with E-state index < -0.39 is 6.04 Å². The lowest BCUT2D eigenvalue weighted by Crippen LogP contribution is -2.21. The molecule has 1 aliphatic rings. The first-order valence-electron chi connectivity index (χ1n) is 4.67. The van der Waals surface area contributed by atoms with Crippen molar-refractivity contribution in [2.45, 2.75) is 25.3 Å². The van der Waals surface area contributed by atoms with E-state index in [1.807, 2.05) is 0 Å². The molecule has 1 aromatic heterocycles. The maximum atomic E-state index is 11.2. The van der Waals surface area contributed by atoms with Gasteiger partial charge < -0.3 is 10.5 Å². The second-order valence-electron chi connectivity index (χ2n) is 3.45. The molecule has 3 nitrogen and oxygen atoms in total. The van der Waals surface area contributed by atoms with E-state index in [2.05, 4.69) is 10.8 Å². The summed E-state index contributed by atoms with van der Waals surface area (Å²) in [6, 6.07) is 1.45. The minimum Gasteiger partial charge on any atom is -0.468 e. The first-order valence-corrected chi connectivity index (χ1v) is 5.49. The molecular weight excluding hydrogens is 198 g/mol. The zero-order valence-electron chi connectivity index (χ0n) is 8.08. The molecule has 1 aromatic rings. The maximum absolute atomic E-state index is 11.2. The largest absolute Gasteiger partial charge is 0.468 e. The molecule has 76 valence electrons. The van der Waals surface area contributed by atoms with E-state index >= 15 is 0 Å². The van der Waals surface area contributed by atoms with E-state index in [0.29, 0.717) is 0 Å². The number of carbonyl (C=O) groups is 1. The monoisotopic (exact) mass is 211 g/mol. The molecule has 2 rings (SSSR count). The number of aryl methyl sites for hydroxylation is 2. The summed E-state index contributed by atoms with van der Waals surface area (Å²) in [5, 5.41) is 0. The number of esters is 1. The Morgan fingerprint density at radius 3 is 3.07 bits per heavy atom. The van der Waals surface area contributed by atoms with Gasteiger partial charge in [0, 0.05) is 9.75 Å². The molecule has 0 saturated heterocycles. The third-order valence-electron chi connectivity index (χ3n) is 2.53. The quantitative estimate of drug-likeness (QED) is 0.752. The topological polar surface area (TPSA) is 52.3 Å². The van der Waals surface area contributed by atoms with Crippen molar-refractivity contribution >= 4 is 17.3 Å². The molecule has 0 aromatic carbocycles. The fraction of sp³-hybridized carbons (Fsp3) is 0.500. The van der Waals surface area contributed by atoms with E-state index in [4.69, 9.17) is 5.73 Å². The van der Waals surface area contributed by atoms with Gasteiger partial charge in [-0.3, -0.25) is 0 Å². The van der Waals surface area contributed by atoms with Crippen LogP contribution in [-0.4, -0.2) is 13.1 Å². The van der Waals surface area contributed by atoms with Crippen molar-refractivity contribution in [3.05, 3.63) is 21.4 Å².